The lowest BCUT2D eigenvalue weighted by Gasteiger charge is -2.16. The average molecular weight is 757 g/mol. The minimum absolute atomic E-state index is 0.559. The van der Waals surface area contributed by atoms with E-state index in [4.69, 9.17) is 23.8 Å². The van der Waals surface area contributed by atoms with Crippen LogP contribution in [0.3, 0.4) is 0 Å². The largest absolute Gasteiger partial charge is 0.456 e. The van der Waals surface area contributed by atoms with Gasteiger partial charge in [0, 0.05) is 49.0 Å². The topological polar surface area (TPSA) is 69.9 Å². The van der Waals surface area contributed by atoms with E-state index in [9.17, 15) is 0 Å². The molecule has 4 aromatic heterocycles. The fourth-order valence-corrected chi connectivity index (χ4v) is 9.27. The molecule has 8 aromatic carbocycles. The Hall–Kier alpha value is -7.83. The van der Waals surface area contributed by atoms with Crippen LogP contribution in [0, 0.1) is 0 Å². The van der Waals surface area contributed by atoms with Gasteiger partial charge in [-0.1, -0.05) is 103 Å². The van der Waals surface area contributed by atoms with E-state index in [1.807, 2.05) is 42.5 Å². The Bertz CT molecular complexity index is 3750. The van der Waals surface area contributed by atoms with E-state index in [-0.39, 0.29) is 0 Å². The summed E-state index contributed by atoms with van der Waals surface area (Å²) < 4.78 is 15.5. The maximum Gasteiger partial charge on any atom is 0.166 e. The second-order valence-electron chi connectivity index (χ2n) is 15.5. The minimum atomic E-state index is 0.559. The number of furan rings is 2. The molecule has 0 fully saturated rings. The highest BCUT2D eigenvalue weighted by Crippen LogP contribution is 2.44. The third kappa shape index (κ3) is 4.90. The zero-order valence-corrected chi connectivity index (χ0v) is 31.7. The van der Waals surface area contributed by atoms with E-state index in [0.717, 1.165) is 101 Å². The van der Waals surface area contributed by atoms with Crippen LogP contribution in [0.5, 0.6) is 0 Å². The Labute approximate surface area is 337 Å². The van der Waals surface area contributed by atoms with Crippen LogP contribution in [-0.2, 0) is 6.42 Å². The first-order valence-electron chi connectivity index (χ1n) is 20.1. The molecule has 0 N–H and O–H groups in total. The first-order chi connectivity index (χ1) is 29.2. The highest BCUT2D eigenvalue weighted by atomic mass is 16.3. The number of aryl methyl sites for hydroxylation is 1. The van der Waals surface area contributed by atoms with Crippen LogP contribution in [0.2, 0.25) is 0 Å². The van der Waals surface area contributed by atoms with E-state index in [1.54, 1.807) is 0 Å². The van der Waals surface area contributed by atoms with Gasteiger partial charge in [0.2, 0.25) is 0 Å². The molecule has 4 heterocycles. The predicted molar refractivity (Wildman–Crippen MR) is 240 cm³/mol. The second-order valence-corrected chi connectivity index (χ2v) is 15.5. The number of hydrogen-bond donors (Lipinski definition) is 0. The third-order valence-electron chi connectivity index (χ3n) is 12.1. The van der Waals surface area contributed by atoms with Gasteiger partial charge in [-0.05, 0) is 101 Å². The number of para-hydroxylation sites is 3. The molecule has 0 radical (unpaired) electrons. The lowest BCUT2D eigenvalue weighted by molar-refractivity contribution is 0.666. The Morgan fingerprint density at radius 3 is 1.97 bits per heavy atom. The highest BCUT2D eigenvalue weighted by Gasteiger charge is 2.25. The molecule has 276 valence electrons. The molecule has 13 rings (SSSR count). The van der Waals surface area contributed by atoms with Gasteiger partial charge in [-0.15, -0.1) is 0 Å². The fourth-order valence-electron chi connectivity index (χ4n) is 9.27. The predicted octanol–water partition coefficient (Wildman–Crippen LogP) is 13.9. The van der Waals surface area contributed by atoms with Gasteiger partial charge in [0.15, 0.2) is 23.1 Å². The van der Waals surface area contributed by atoms with Crippen LogP contribution in [0.1, 0.15) is 17.5 Å². The molecule has 0 aliphatic heterocycles. The van der Waals surface area contributed by atoms with Crippen LogP contribution < -0.4 is 0 Å². The zero-order valence-electron chi connectivity index (χ0n) is 31.7. The fraction of sp³-hybridized carbons (Fsp3) is 0.0377. The normalized spacial score (nSPS) is 12.9. The van der Waals surface area contributed by atoms with Crippen molar-refractivity contribution >= 4 is 82.5 Å². The smallest absolute Gasteiger partial charge is 0.166 e. The first kappa shape index (κ1) is 32.3. The molecule has 0 atom stereocenters. The molecule has 6 heteroatoms. The van der Waals surface area contributed by atoms with Gasteiger partial charge in [-0.2, -0.15) is 0 Å². The summed E-state index contributed by atoms with van der Waals surface area (Å²) in [6.45, 7) is 0. The van der Waals surface area contributed by atoms with Crippen molar-refractivity contribution in [3.63, 3.8) is 0 Å². The Morgan fingerprint density at radius 1 is 0.458 bits per heavy atom. The molecule has 1 aliphatic carbocycles. The quantitative estimate of drug-likeness (QED) is 0.179. The van der Waals surface area contributed by atoms with Crippen LogP contribution in [0.4, 0.5) is 0 Å². The van der Waals surface area contributed by atoms with Gasteiger partial charge in [0.05, 0.1) is 11.0 Å². The molecule has 0 saturated heterocycles. The van der Waals surface area contributed by atoms with Gasteiger partial charge in [0.1, 0.15) is 22.4 Å². The summed E-state index contributed by atoms with van der Waals surface area (Å²) in [6.07, 6.45) is 6.44. The number of nitrogens with zero attached hydrogens (tertiary/aromatic N) is 4. The number of benzene rings is 8. The molecular formula is C53H32N4O2. The molecule has 0 saturated carbocycles. The number of aromatic nitrogens is 4. The van der Waals surface area contributed by atoms with Crippen LogP contribution >= 0.6 is 0 Å². The van der Waals surface area contributed by atoms with Crippen molar-refractivity contribution in [2.24, 2.45) is 0 Å². The Morgan fingerprint density at radius 2 is 1.12 bits per heavy atom. The molecule has 0 spiro atoms. The summed E-state index contributed by atoms with van der Waals surface area (Å²) >= 11 is 0. The Balaban J connectivity index is 1.14. The molecule has 0 bridgehead atoms. The summed E-state index contributed by atoms with van der Waals surface area (Å²) in [5, 5.41) is 8.84. The van der Waals surface area contributed by atoms with Gasteiger partial charge >= 0.3 is 0 Å². The van der Waals surface area contributed by atoms with Crippen molar-refractivity contribution in [1.82, 2.24) is 19.5 Å². The van der Waals surface area contributed by atoms with Gasteiger partial charge < -0.3 is 13.4 Å². The van der Waals surface area contributed by atoms with Crippen molar-refractivity contribution in [3.05, 3.63) is 175 Å². The van der Waals surface area contributed by atoms with Gasteiger partial charge in [-0.25, -0.2) is 15.0 Å². The third-order valence-corrected chi connectivity index (χ3v) is 12.1. The molecular weight excluding hydrogens is 725 g/mol. The zero-order chi connectivity index (χ0) is 38.6. The number of hydrogen-bond acceptors (Lipinski definition) is 5. The molecule has 59 heavy (non-hydrogen) atoms. The van der Waals surface area contributed by atoms with E-state index < -0.39 is 0 Å². The lowest BCUT2D eigenvalue weighted by atomic mass is 9.95. The van der Waals surface area contributed by atoms with E-state index >= 15 is 0 Å². The Kier molecular flexibility index (Phi) is 6.75. The summed E-state index contributed by atoms with van der Waals surface area (Å²) in [7, 11) is 0. The molecule has 12 aromatic rings. The van der Waals surface area contributed by atoms with Crippen molar-refractivity contribution in [3.8, 4) is 39.9 Å². The maximum absolute atomic E-state index is 6.92. The van der Waals surface area contributed by atoms with Crippen LogP contribution in [-0.4, -0.2) is 19.5 Å². The van der Waals surface area contributed by atoms with E-state index in [1.165, 1.54) is 21.9 Å². The standard InChI is InChI=1S/C53H32N4O2/c1-2-12-32-27-35(22-21-31(32)11-1)51-54-52(36-23-26-48-43(29-36)39-17-7-9-19-46(39)58-48)56-53(55-51)41-25-24-40-38-16-6-10-20-47(38)59-50(40)49(41)57-44-18-8-5-15-37(44)42-28-33-13-3-4-14-34(33)30-45(42)57/h1,3-11,13-30H,2,12H2. The summed E-state index contributed by atoms with van der Waals surface area (Å²) in [6, 6.07) is 55.3. The van der Waals surface area contributed by atoms with Crippen LogP contribution in [0.25, 0.3) is 122 Å². The van der Waals surface area contributed by atoms with Crippen molar-refractivity contribution in [1.29, 1.82) is 0 Å². The summed E-state index contributed by atoms with van der Waals surface area (Å²) in [5.41, 5.74) is 11.5. The second kappa shape index (κ2) is 12.3. The van der Waals surface area contributed by atoms with Crippen molar-refractivity contribution in [2.45, 2.75) is 12.8 Å². The summed E-state index contributed by atoms with van der Waals surface area (Å²) in [5.74, 6) is 1.76. The van der Waals surface area contributed by atoms with Gasteiger partial charge in [0.25, 0.3) is 0 Å². The monoisotopic (exact) mass is 756 g/mol. The molecule has 0 amide bonds. The van der Waals surface area contributed by atoms with E-state index in [2.05, 4.69) is 132 Å². The summed E-state index contributed by atoms with van der Waals surface area (Å²) in [4.78, 5) is 16.0. The van der Waals surface area contributed by atoms with Crippen molar-refractivity contribution < 1.29 is 8.83 Å². The number of fused-ring (bicyclic) bond motifs is 11. The average Bonchev–Trinajstić information content (AvgIpc) is 3.97. The molecule has 1 aliphatic rings. The number of rotatable bonds is 4. The molecule has 0 unspecified atom stereocenters. The van der Waals surface area contributed by atoms with Gasteiger partial charge in [-0.3, -0.25) is 0 Å². The van der Waals surface area contributed by atoms with Crippen molar-refractivity contribution in [2.75, 3.05) is 0 Å². The SMILES string of the molecule is C1=Cc2ccc(-c3nc(-c4ccc5oc6ccccc6c5c4)nc(-c4ccc5c(oc6ccccc65)c4-n4c5ccccc5c5cc6ccccc6cc54)n3)cc2CC1. The first-order valence-corrected chi connectivity index (χ1v) is 20.1. The highest BCUT2D eigenvalue weighted by molar-refractivity contribution is 6.17. The lowest BCUT2D eigenvalue weighted by Crippen LogP contribution is -2.04. The molecule has 6 nitrogen and oxygen atoms in total. The number of allylic oxidation sites excluding steroid dienone is 1. The minimum Gasteiger partial charge on any atom is -0.456 e. The van der Waals surface area contributed by atoms with E-state index in [0.29, 0.717) is 17.5 Å². The van der Waals surface area contributed by atoms with Crippen LogP contribution in [0.15, 0.2) is 173 Å². The maximum atomic E-state index is 6.92.